The third-order valence-electron chi connectivity index (χ3n) is 2.71. The average molecular weight is 268 g/mol. The van der Waals surface area contributed by atoms with Gasteiger partial charge in [-0.05, 0) is 26.0 Å². The number of phenolic OH excluding ortho intramolecular Hbond substituents is 1. The number of likely N-dealkylation sites (N-methyl/N-ethyl adjacent to an activating group) is 1. The van der Waals surface area contributed by atoms with Crippen LogP contribution in [0.25, 0.3) is 0 Å². The molecule has 0 spiro atoms. The molecule has 0 saturated heterocycles. The van der Waals surface area contributed by atoms with Gasteiger partial charge in [-0.1, -0.05) is 0 Å². The molecule has 0 heterocycles. The van der Waals surface area contributed by atoms with Gasteiger partial charge in [0.25, 0.3) is 5.91 Å². The maximum Gasteiger partial charge on any atom is 0.254 e. The second-order valence-electron chi connectivity index (χ2n) is 3.91. The number of hydrogen-bond donors (Lipinski definition) is 2. The standard InChI is InChI=1S/C13H17FN2O3/c1-3-16(4-2)12(18)8-15-13(19)10-6-5-9(17)7-11(10)14/h5-7,17H,3-4,8H2,1-2H3,(H,15,19). The van der Waals surface area contributed by atoms with Gasteiger partial charge < -0.3 is 15.3 Å². The number of aromatic hydroxyl groups is 1. The summed E-state index contributed by atoms with van der Waals surface area (Å²) in [6.07, 6.45) is 0. The number of rotatable bonds is 5. The lowest BCUT2D eigenvalue weighted by molar-refractivity contribution is -0.129. The number of amides is 2. The van der Waals surface area contributed by atoms with Crippen LogP contribution >= 0.6 is 0 Å². The summed E-state index contributed by atoms with van der Waals surface area (Å²) in [6.45, 7) is 4.60. The molecule has 6 heteroatoms. The van der Waals surface area contributed by atoms with E-state index in [0.717, 1.165) is 6.07 Å². The highest BCUT2D eigenvalue weighted by Gasteiger charge is 2.15. The van der Waals surface area contributed by atoms with Crippen molar-refractivity contribution < 1.29 is 19.1 Å². The molecule has 0 aliphatic heterocycles. The van der Waals surface area contributed by atoms with Gasteiger partial charge in [0, 0.05) is 19.2 Å². The zero-order valence-electron chi connectivity index (χ0n) is 10.9. The molecule has 0 radical (unpaired) electrons. The molecule has 5 nitrogen and oxygen atoms in total. The van der Waals surface area contributed by atoms with Gasteiger partial charge in [-0.3, -0.25) is 9.59 Å². The number of hydrogen-bond acceptors (Lipinski definition) is 3. The first kappa shape index (κ1) is 14.9. The molecule has 0 aliphatic carbocycles. The zero-order chi connectivity index (χ0) is 14.4. The number of nitrogens with one attached hydrogen (secondary N) is 1. The molecule has 1 aromatic carbocycles. The Morgan fingerprint density at radius 1 is 1.32 bits per heavy atom. The summed E-state index contributed by atoms with van der Waals surface area (Å²) >= 11 is 0. The summed E-state index contributed by atoms with van der Waals surface area (Å²) < 4.78 is 13.4. The topological polar surface area (TPSA) is 69.6 Å². The van der Waals surface area contributed by atoms with Crippen molar-refractivity contribution in [2.24, 2.45) is 0 Å². The molecule has 1 rings (SSSR count). The molecule has 0 bridgehead atoms. The minimum absolute atomic E-state index is 0.180. The molecule has 0 unspecified atom stereocenters. The van der Waals surface area contributed by atoms with Crippen LogP contribution < -0.4 is 5.32 Å². The minimum atomic E-state index is -0.826. The number of benzene rings is 1. The van der Waals surface area contributed by atoms with E-state index in [1.165, 1.54) is 12.1 Å². The van der Waals surface area contributed by atoms with Crippen LogP contribution in [0.3, 0.4) is 0 Å². The summed E-state index contributed by atoms with van der Waals surface area (Å²) in [5, 5.41) is 11.4. The van der Waals surface area contributed by atoms with E-state index >= 15 is 0 Å². The fourth-order valence-corrected chi connectivity index (χ4v) is 1.63. The molecular formula is C13H17FN2O3. The van der Waals surface area contributed by atoms with E-state index in [9.17, 15) is 14.0 Å². The van der Waals surface area contributed by atoms with Crippen molar-refractivity contribution in [3.05, 3.63) is 29.6 Å². The lowest BCUT2D eigenvalue weighted by Crippen LogP contribution is -2.40. The fraction of sp³-hybridized carbons (Fsp3) is 0.385. The highest BCUT2D eigenvalue weighted by atomic mass is 19.1. The van der Waals surface area contributed by atoms with Crippen LogP contribution in [0.15, 0.2) is 18.2 Å². The highest BCUT2D eigenvalue weighted by molar-refractivity contribution is 5.96. The van der Waals surface area contributed by atoms with Gasteiger partial charge in [-0.2, -0.15) is 0 Å². The molecule has 1 aromatic rings. The summed E-state index contributed by atoms with van der Waals surface area (Å²) in [4.78, 5) is 24.9. The van der Waals surface area contributed by atoms with Crippen LogP contribution in [0, 0.1) is 5.82 Å². The van der Waals surface area contributed by atoms with Crippen molar-refractivity contribution in [1.82, 2.24) is 10.2 Å². The molecular weight excluding hydrogens is 251 g/mol. The summed E-state index contributed by atoms with van der Waals surface area (Å²) in [5.74, 6) is -1.99. The van der Waals surface area contributed by atoms with Gasteiger partial charge in [0.1, 0.15) is 11.6 Å². The van der Waals surface area contributed by atoms with Gasteiger partial charge in [-0.25, -0.2) is 4.39 Å². The van der Waals surface area contributed by atoms with E-state index in [2.05, 4.69) is 5.32 Å². The van der Waals surface area contributed by atoms with Crippen molar-refractivity contribution in [1.29, 1.82) is 0 Å². The number of nitrogens with zero attached hydrogens (tertiary/aromatic N) is 1. The molecule has 19 heavy (non-hydrogen) atoms. The first-order chi connectivity index (χ1) is 8.99. The predicted molar refractivity (Wildman–Crippen MR) is 68.3 cm³/mol. The van der Waals surface area contributed by atoms with Crippen LogP contribution in [-0.2, 0) is 4.79 Å². The summed E-state index contributed by atoms with van der Waals surface area (Å²) in [5.41, 5.74) is -0.204. The monoisotopic (exact) mass is 268 g/mol. The lowest BCUT2D eigenvalue weighted by atomic mass is 10.2. The predicted octanol–water partition coefficient (Wildman–Crippen LogP) is 1.13. The maximum atomic E-state index is 13.4. The third-order valence-corrected chi connectivity index (χ3v) is 2.71. The van der Waals surface area contributed by atoms with Crippen molar-refractivity contribution in [3.8, 4) is 5.75 Å². The molecule has 104 valence electrons. The Balaban J connectivity index is 2.63. The van der Waals surface area contributed by atoms with Crippen molar-refractivity contribution in [3.63, 3.8) is 0 Å². The van der Waals surface area contributed by atoms with Crippen molar-refractivity contribution in [2.75, 3.05) is 19.6 Å². The SMILES string of the molecule is CCN(CC)C(=O)CNC(=O)c1ccc(O)cc1F. The Bertz CT molecular complexity index is 473. The van der Waals surface area contributed by atoms with Crippen LogP contribution in [0.2, 0.25) is 0 Å². The minimum Gasteiger partial charge on any atom is -0.508 e. The van der Waals surface area contributed by atoms with Crippen LogP contribution in [0.4, 0.5) is 4.39 Å². The van der Waals surface area contributed by atoms with E-state index in [0.29, 0.717) is 13.1 Å². The number of phenols is 1. The van der Waals surface area contributed by atoms with Gasteiger partial charge in [-0.15, -0.1) is 0 Å². The van der Waals surface area contributed by atoms with Gasteiger partial charge in [0.2, 0.25) is 5.91 Å². The average Bonchev–Trinajstić information content (AvgIpc) is 2.37. The number of carbonyl (C=O) groups excluding carboxylic acids is 2. The van der Waals surface area contributed by atoms with E-state index in [1.807, 2.05) is 13.8 Å². The van der Waals surface area contributed by atoms with Gasteiger partial charge >= 0.3 is 0 Å². The molecule has 0 aliphatic rings. The van der Waals surface area contributed by atoms with E-state index < -0.39 is 11.7 Å². The number of halogens is 1. The lowest BCUT2D eigenvalue weighted by Gasteiger charge is -2.18. The van der Waals surface area contributed by atoms with Crippen LogP contribution in [-0.4, -0.2) is 41.5 Å². The van der Waals surface area contributed by atoms with Crippen LogP contribution in [0.1, 0.15) is 24.2 Å². The third kappa shape index (κ3) is 3.94. The van der Waals surface area contributed by atoms with E-state index in [-0.39, 0.29) is 23.8 Å². The van der Waals surface area contributed by atoms with E-state index in [1.54, 1.807) is 4.90 Å². The first-order valence-electron chi connectivity index (χ1n) is 6.04. The van der Waals surface area contributed by atoms with Gasteiger partial charge in [0.05, 0.1) is 12.1 Å². The van der Waals surface area contributed by atoms with Gasteiger partial charge in [0.15, 0.2) is 0 Å². The summed E-state index contributed by atoms with van der Waals surface area (Å²) in [6, 6.07) is 3.23. The zero-order valence-corrected chi connectivity index (χ0v) is 10.9. The fourth-order valence-electron chi connectivity index (χ4n) is 1.63. The highest BCUT2D eigenvalue weighted by Crippen LogP contribution is 2.14. The van der Waals surface area contributed by atoms with Crippen molar-refractivity contribution in [2.45, 2.75) is 13.8 Å². The summed E-state index contributed by atoms with van der Waals surface area (Å²) in [7, 11) is 0. The molecule has 0 aromatic heterocycles. The molecule has 2 amide bonds. The first-order valence-corrected chi connectivity index (χ1v) is 6.04. The normalized spacial score (nSPS) is 10.1. The van der Waals surface area contributed by atoms with Crippen LogP contribution in [0.5, 0.6) is 5.75 Å². The Morgan fingerprint density at radius 3 is 2.47 bits per heavy atom. The molecule has 0 atom stereocenters. The second-order valence-corrected chi connectivity index (χ2v) is 3.91. The maximum absolute atomic E-state index is 13.4. The quantitative estimate of drug-likeness (QED) is 0.841. The Labute approximate surface area is 111 Å². The largest absolute Gasteiger partial charge is 0.508 e. The number of carbonyl (C=O) groups is 2. The van der Waals surface area contributed by atoms with E-state index in [4.69, 9.17) is 5.11 Å². The Hall–Kier alpha value is -2.11. The Kier molecular flexibility index (Phi) is 5.29. The second kappa shape index (κ2) is 6.72. The molecule has 2 N–H and O–H groups in total. The Morgan fingerprint density at radius 2 is 1.95 bits per heavy atom. The molecule has 0 saturated carbocycles. The van der Waals surface area contributed by atoms with Crippen molar-refractivity contribution >= 4 is 11.8 Å². The smallest absolute Gasteiger partial charge is 0.254 e. The molecule has 0 fully saturated rings.